The second kappa shape index (κ2) is 7.50. The van der Waals surface area contributed by atoms with Crippen LogP contribution in [0.4, 0.5) is 16.5 Å². The fraction of sp³-hybridized carbons (Fsp3) is 0.167. The van der Waals surface area contributed by atoms with Crippen LogP contribution >= 0.6 is 11.3 Å². The molecule has 0 spiro atoms. The lowest BCUT2D eigenvalue weighted by Crippen LogP contribution is -2.23. The highest BCUT2D eigenvalue weighted by Gasteiger charge is 2.18. The smallest absolute Gasteiger partial charge is 0.285 e. The lowest BCUT2D eigenvalue weighted by molar-refractivity contribution is -0.385. The van der Waals surface area contributed by atoms with Crippen molar-refractivity contribution in [2.45, 2.75) is 20.4 Å². The van der Waals surface area contributed by atoms with Crippen LogP contribution < -0.4 is 10.5 Å². The Hall–Kier alpha value is -3.33. The van der Waals surface area contributed by atoms with E-state index >= 15 is 0 Å². The summed E-state index contributed by atoms with van der Waals surface area (Å²) in [5.74, 6) is -0.186. The fourth-order valence-corrected chi connectivity index (χ4v) is 3.47. The van der Waals surface area contributed by atoms with Gasteiger partial charge in [-0.25, -0.2) is 4.98 Å². The van der Waals surface area contributed by atoms with Crippen LogP contribution in [0.15, 0.2) is 52.8 Å². The molecule has 3 aromatic rings. The maximum Gasteiger partial charge on any atom is 0.285 e. The second-order valence-electron chi connectivity index (χ2n) is 5.93. The Labute approximate surface area is 158 Å². The van der Waals surface area contributed by atoms with E-state index in [0.717, 1.165) is 11.6 Å². The van der Waals surface area contributed by atoms with Crippen LogP contribution in [-0.2, 0) is 11.3 Å². The first-order valence-corrected chi connectivity index (χ1v) is 8.90. The van der Waals surface area contributed by atoms with E-state index in [2.05, 4.69) is 4.98 Å². The van der Waals surface area contributed by atoms with Crippen molar-refractivity contribution in [1.82, 2.24) is 9.55 Å². The Bertz CT molecular complexity index is 1070. The number of nitrogens with zero attached hydrogens (tertiary/aromatic N) is 4. The number of aryl methyl sites for hydroxylation is 1. The number of hydrogen-bond donors (Lipinski definition) is 0. The SMILES string of the molecule is CC(=O)N(c1cccc(C)c1)c1nc(Cn2cc([N+](=O)[O-])ccc2=O)cs1. The molecule has 0 aliphatic rings. The number of carbonyl (C=O) groups is 1. The first-order chi connectivity index (χ1) is 12.8. The Morgan fingerprint density at radius 3 is 2.78 bits per heavy atom. The molecule has 0 aliphatic carbocycles. The van der Waals surface area contributed by atoms with E-state index in [1.54, 1.807) is 5.38 Å². The normalized spacial score (nSPS) is 10.6. The van der Waals surface area contributed by atoms with Gasteiger partial charge >= 0.3 is 0 Å². The minimum Gasteiger partial charge on any atom is -0.303 e. The Morgan fingerprint density at radius 2 is 2.11 bits per heavy atom. The van der Waals surface area contributed by atoms with Gasteiger partial charge in [0.25, 0.3) is 11.2 Å². The summed E-state index contributed by atoms with van der Waals surface area (Å²) in [6.45, 7) is 3.47. The van der Waals surface area contributed by atoms with Crippen LogP contribution in [0.5, 0.6) is 0 Å². The zero-order valence-corrected chi connectivity index (χ0v) is 15.5. The summed E-state index contributed by atoms with van der Waals surface area (Å²) in [5, 5.41) is 13.1. The van der Waals surface area contributed by atoms with Crippen LogP contribution in [0.1, 0.15) is 18.2 Å². The van der Waals surface area contributed by atoms with E-state index in [4.69, 9.17) is 0 Å². The second-order valence-corrected chi connectivity index (χ2v) is 6.76. The number of pyridine rings is 1. The molecule has 0 atom stereocenters. The zero-order chi connectivity index (χ0) is 19.6. The lowest BCUT2D eigenvalue weighted by Gasteiger charge is -2.18. The van der Waals surface area contributed by atoms with Crippen LogP contribution in [0.25, 0.3) is 0 Å². The molecular weight excluding hydrogens is 368 g/mol. The Morgan fingerprint density at radius 1 is 1.33 bits per heavy atom. The highest BCUT2D eigenvalue weighted by Crippen LogP contribution is 2.29. The molecule has 1 aromatic carbocycles. The van der Waals surface area contributed by atoms with Gasteiger partial charge in [0, 0.05) is 24.4 Å². The number of anilines is 2. The highest BCUT2D eigenvalue weighted by atomic mass is 32.1. The summed E-state index contributed by atoms with van der Waals surface area (Å²) in [6.07, 6.45) is 1.19. The van der Waals surface area contributed by atoms with Crippen LogP contribution in [0.2, 0.25) is 0 Å². The number of benzene rings is 1. The lowest BCUT2D eigenvalue weighted by atomic mass is 10.2. The van der Waals surface area contributed by atoms with Crippen LogP contribution in [0.3, 0.4) is 0 Å². The average Bonchev–Trinajstić information content (AvgIpc) is 3.04. The van der Waals surface area contributed by atoms with Gasteiger partial charge in [-0.15, -0.1) is 11.3 Å². The molecule has 9 heteroatoms. The fourth-order valence-electron chi connectivity index (χ4n) is 2.59. The minimum atomic E-state index is -0.558. The third kappa shape index (κ3) is 4.09. The van der Waals surface area contributed by atoms with Gasteiger partial charge in [0.1, 0.15) is 0 Å². The van der Waals surface area contributed by atoms with Crippen LogP contribution in [-0.4, -0.2) is 20.4 Å². The van der Waals surface area contributed by atoms with E-state index in [0.29, 0.717) is 16.5 Å². The number of hydrogen-bond acceptors (Lipinski definition) is 6. The van der Waals surface area contributed by atoms with Gasteiger partial charge in [0.2, 0.25) is 5.91 Å². The van der Waals surface area contributed by atoms with Gasteiger partial charge in [0.15, 0.2) is 5.13 Å². The van der Waals surface area contributed by atoms with Crippen molar-refractivity contribution >= 4 is 33.8 Å². The van der Waals surface area contributed by atoms with E-state index in [1.807, 2.05) is 31.2 Å². The number of amides is 1. The molecule has 2 aromatic heterocycles. The van der Waals surface area contributed by atoms with Crippen molar-refractivity contribution in [2.24, 2.45) is 0 Å². The monoisotopic (exact) mass is 384 g/mol. The standard InChI is InChI=1S/C18H16N4O4S/c1-12-4-3-5-15(8-12)21(13(2)23)18-19-14(11-27-18)9-20-10-16(22(25)26)6-7-17(20)24/h3-8,10-11H,9H2,1-2H3. The van der Waals surface area contributed by atoms with Gasteiger partial charge in [-0.2, -0.15) is 0 Å². The molecule has 1 amide bonds. The number of nitro groups is 1. The predicted octanol–water partition coefficient (Wildman–Crippen LogP) is 3.25. The summed E-state index contributed by atoms with van der Waals surface area (Å²) in [4.78, 5) is 40.4. The third-order valence-corrected chi connectivity index (χ3v) is 4.69. The largest absolute Gasteiger partial charge is 0.303 e. The van der Waals surface area contributed by atoms with Crippen LogP contribution in [0, 0.1) is 17.0 Å². The summed E-state index contributed by atoms with van der Waals surface area (Å²) < 4.78 is 1.22. The quantitative estimate of drug-likeness (QED) is 0.497. The topological polar surface area (TPSA) is 98.3 Å². The van der Waals surface area contributed by atoms with Crippen molar-refractivity contribution in [3.8, 4) is 0 Å². The van der Waals surface area contributed by atoms with Crippen molar-refractivity contribution < 1.29 is 9.72 Å². The minimum absolute atomic E-state index is 0.0799. The molecule has 138 valence electrons. The molecule has 8 nitrogen and oxygen atoms in total. The average molecular weight is 384 g/mol. The van der Waals surface area contributed by atoms with Gasteiger partial charge in [-0.3, -0.25) is 24.6 Å². The molecule has 0 bridgehead atoms. The summed E-state index contributed by atoms with van der Waals surface area (Å²) in [7, 11) is 0. The molecule has 0 aliphatic heterocycles. The number of thiazole rings is 1. The maximum atomic E-state index is 12.2. The van der Waals surface area contributed by atoms with Gasteiger partial charge in [0.05, 0.1) is 29.0 Å². The molecule has 0 fully saturated rings. The van der Waals surface area contributed by atoms with Crippen molar-refractivity contribution in [3.63, 3.8) is 0 Å². The van der Waals surface area contributed by atoms with Crippen molar-refractivity contribution in [2.75, 3.05) is 4.90 Å². The first-order valence-electron chi connectivity index (χ1n) is 8.02. The molecule has 0 saturated carbocycles. The predicted molar refractivity (Wildman–Crippen MR) is 103 cm³/mol. The molecule has 0 N–H and O–H groups in total. The summed E-state index contributed by atoms with van der Waals surface area (Å²) in [6, 6.07) is 9.82. The van der Waals surface area contributed by atoms with Gasteiger partial charge in [-0.05, 0) is 24.6 Å². The number of aromatic nitrogens is 2. The van der Waals surface area contributed by atoms with Crippen molar-refractivity contribution in [3.05, 3.63) is 79.7 Å². The first kappa shape index (κ1) is 18.5. The molecule has 0 radical (unpaired) electrons. The summed E-state index contributed by atoms with van der Waals surface area (Å²) >= 11 is 1.27. The zero-order valence-electron chi connectivity index (χ0n) is 14.7. The molecule has 0 unspecified atom stereocenters. The van der Waals surface area contributed by atoms with Gasteiger partial charge < -0.3 is 4.57 Å². The molecule has 27 heavy (non-hydrogen) atoms. The Kier molecular flexibility index (Phi) is 5.13. The van der Waals surface area contributed by atoms with E-state index < -0.39 is 4.92 Å². The maximum absolute atomic E-state index is 12.2. The third-order valence-electron chi connectivity index (χ3n) is 3.82. The van der Waals surface area contributed by atoms with E-state index in [1.165, 1.54) is 40.0 Å². The molecular formula is C18H16N4O4S. The summed E-state index contributed by atoms with van der Waals surface area (Å²) in [5.41, 5.74) is 1.72. The Balaban J connectivity index is 1.92. The highest BCUT2D eigenvalue weighted by molar-refractivity contribution is 7.14. The number of carbonyl (C=O) groups excluding carboxylic acids is 1. The number of rotatable bonds is 5. The van der Waals surface area contributed by atoms with E-state index in [9.17, 15) is 19.7 Å². The van der Waals surface area contributed by atoms with Gasteiger partial charge in [-0.1, -0.05) is 12.1 Å². The van der Waals surface area contributed by atoms with Crippen molar-refractivity contribution in [1.29, 1.82) is 0 Å². The molecule has 2 heterocycles. The van der Waals surface area contributed by atoms with E-state index in [-0.39, 0.29) is 23.7 Å². The molecule has 3 rings (SSSR count). The molecule has 0 saturated heterocycles.